The van der Waals surface area contributed by atoms with Gasteiger partial charge in [-0.15, -0.1) is 0 Å². The second-order valence-electron chi connectivity index (χ2n) is 5.48. The molecule has 0 unspecified atom stereocenters. The number of fused-ring (bicyclic) bond motifs is 1. The lowest BCUT2D eigenvalue weighted by atomic mass is 10.0. The molecule has 0 aliphatic rings. The van der Waals surface area contributed by atoms with Crippen molar-refractivity contribution in [2.45, 2.75) is 11.8 Å². The highest BCUT2D eigenvalue weighted by Gasteiger charge is 2.13. The van der Waals surface area contributed by atoms with Gasteiger partial charge in [0, 0.05) is 5.56 Å². The number of aromatic hydroxyl groups is 1. The van der Waals surface area contributed by atoms with Gasteiger partial charge in [-0.2, -0.15) is 13.5 Å². The lowest BCUT2D eigenvalue weighted by molar-refractivity contribution is 0.340. The van der Waals surface area contributed by atoms with E-state index in [2.05, 4.69) is 9.93 Å². The Hall–Kier alpha value is -3.06. The number of hydrogen-bond donors (Lipinski definition) is 2. The summed E-state index contributed by atoms with van der Waals surface area (Å²) < 4.78 is 29.9. The monoisotopic (exact) mass is 370 g/mol. The number of hydrazone groups is 1. The topological polar surface area (TPSA) is 88.0 Å². The maximum atomic E-state index is 12.3. The number of sulfonamides is 1. The number of nitrogens with one attached hydrogen (secondary N) is 1. The fraction of sp³-hybridized carbons (Fsp3) is 0.105. The van der Waals surface area contributed by atoms with Crippen LogP contribution < -0.4 is 9.57 Å². The zero-order chi connectivity index (χ0) is 18.6. The molecule has 0 spiro atoms. The van der Waals surface area contributed by atoms with Crippen LogP contribution in [0.25, 0.3) is 10.8 Å². The van der Waals surface area contributed by atoms with Gasteiger partial charge in [-0.05, 0) is 48.0 Å². The zero-order valence-corrected chi connectivity index (χ0v) is 14.9. The van der Waals surface area contributed by atoms with Gasteiger partial charge < -0.3 is 9.84 Å². The predicted molar refractivity (Wildman–Crippen MR) is 101 cm³/mol. The maximum absolute atomic E-state index is 12.3. The van der Waals surface area contributed by atoms with Crippen molar-refractivity contribution in [2.75, 3.05) is 6.61 Å². The Balaban J connectivity index is 1.83. The van der Waals surface area contributed by atoms with E-state index >= 15 is 0 Å². The van der Waals surface area contributed by atoms with E-state index in [0.717, 1.165) is 10.8 Å². The van der Waals surface area contributed by atoms with E-state index < -0.39 is 10.0 Å². The summed E-state index contributed by atoms with van der Waals surface area (Å²) in [5, 5.41) is 15.6. The van der Waals surface area contributed by atoms with Crippen LogP contribution >= 0.6 is 0 Å². The molecule has 0 fully saturated rings. The van der Waals surface area contributed by atoms with Crippen LogP contribution in [0, 0.1) is 0 Å². The molecule has 134 valence electrons. The largest absolute Gasteiger partial charge is 0.507 e. The lowest BCUT2D eigenvalue weighted by Gasteiger charge is -2.07. The van der Waals surface area contributed by atoms with Gasteiger partial charge in [-0.3, -0.25) is 0 Å². The summed E-state index contributed by atoms with van der Waals surface area (Å²) in [6.07, 6.45) is 1.30. The van der Waals surface area contributed by atoms with Gasteiger partial charge in [0.15, 0.2) is 0 Å². The molecule has 0 aliphatic heterocycles. The Labute approximate surface area is 151 Å². The molecule has 6 nitrogen and oxygen atoms in total. The van der Waals surface area contributed by atoms with E-state index in [1.54, 1.807) is 24.3 Å². The first-order valence-electron chi connectivity index (χ1n) is 7.99. The van der Waals surface area contributed by atoms with Crippen molar-refractivity contribution in [3.63, 3.8) is 0 Å². The number of hydrogen-bond acceptors (Lipinski definition) is 5. The van der Waals surface area contributed by atoms with Crippen LogP contribution in [0.4, 0.5) is 0 Å². The lowest BCUT2D eigenvalue weighted by Crippen LogP contribution is -2.18. The van der Waals surface area contributed by atoms with Crippen LogP contribution in [0.5, 0.6) is 11.5 Å². The molecule has 0 atom stereocenters. The van der Waals surface area contributed by atoms with Crippen LogP contribution in [-0.2, 0) is 10.0 Å². The highest BCUT2D eigenvalue weighted by molar-refractivity contribution is 7.89. The van der Waals surface area contributed by atoms with Crippen molar-refractivity contribution in [2.24, 2.45) is 5.10 Å². The third kappa shape index (κ3) is 3.78. The molecule has 0 aromatic heterocycles. The van der Waals surface area contributed by atoms with Crippen LogP contribution in [0.15, 0.2) is 70.7 Å². The number of benzene rings is 3. The normalized spacial score (nSPS) is 11.7. The minimum absolute atomic E-state index is 0.0210. The number of ether oxygens (including phenoxy) is 1. The predicted octanol–water partition coefficient (Wildman–Crippen LogP) is 3.26. The number of phenols is 1. The summed E-state index contributed by atoms with van der Waals surface area (Å²) >= 11 is 0. The van der Waals surface area contributed by atoms with Crippen LogP contribution in [-0.4, -0.2) is 26.3 Å². The van der Waals surface area contributed by atoms with Gasteiger partial charge in [0.2, 0.25) is 0 Å². The summed E-state index contributed by atoms with van der Waals surface area (Å²) in [6, 6.07) is 16.8. The van der Waals surface area contributed by atoms with Gasteiger partial charge in [-0.25, -0.2) is 4.83 Å². The third-order valence-electron chi connectivity index (χ3n) is 3.76. The third-order valence-corrected chi connectivity index (χ3v) is 5.00. The molecule has 2 N–H and O–H groups in total. The zero-order valence-electron chi connectivity index (χ0n) is 14.1. The highest BCUT2D eigenvalue weighted by Crippen LogP contribution is 2.25. The molecule has 0 saturated heterocycles. The average molecular weight is 370 g/mol. The second-order valence-corrected chi connectivity index (χ2v) is 7.14. The van der Waals surface area contributed by atoms with Gasteiger partial charge in [-0.1, -0.05) is 30.3 Å². The molecule has 0 heterocycles. The molecule has 0 amide bonds. The molecule has 0 bridgehead atoms. The first-order valence-corrected chi connectivity index (χ1v) is 9.48. The van der Waals surface area contributed by atoms with Crippen molar-refractivity contribution in [3.8, 4) is 11.5 Å². The molecule has 0 radical (unpaired) electrons. The Morgan fingerprint density at radius 3 is 2.54 bits per heavy atom. The Morgan fingerprint density at radius 1 is 1.08 bits per heavy atom. The van der Waals surface area contributed by atoms with Gasteiger partial charge in [0.25, 0.3) is 10.0 Å². The molecule has 3 aromatic carbocycles. The SMILES string of the molecule is CCOc1ccc(S(=O)(=O)N/N=C/c2c(O)ccc3ccccc23)cc1. The molecule has 26 heavy (non-hydrogen) atoms. The van der Waals surface area contributed by atoms with Gasteiger partial charge in [0.05, 0.1) is 17.7 Å². The fourth-order valence-corrected chi connectivity index (χ4v) is 3.31. The van der Waals surface area contributed by atoms with Gasteiger partial charge in [0.1, 0.15) is 11.5 Å². The quantitative estimate of drug-likeness (QED) is 0.515. The first kappa shape index (κ1) is 17.8. The van der Waals surface area contributed by atoms with Crippen molar-refractivity contribution < 1.29 is 18.3 Å². The molecule has 0 aliphatic carbocycles. The molecule has 7 heteroatoms. The van der Waals surface area contributed by atoms with E-state index in [0.29, 0.717) is 17.9 Å². The minimum Gasteiger partial charge on any atom is -0.507 e. The van der Waals surface area contributed by atoms with Crippen molar-refractivity contribution >= 4 is 27.0 Å². The fourth-order valence-electron chi connectivity index (χ4n) is 2.51. The first-order chi connectivity index (χ1) is 12.5. The number of rotatable bonds is 6. The highest BCUT2D eigenvalue weighted by atomic mass is 32.2. The molecule has 3 aromatic rings. The number of phenolic OH excluding ortho intramolecular Hbond substituents is 1. The van der Waals surface area contributed by atoms with E-state index in [1.807, 2.05) is 31.2 Å². The van der Waals surface area contributed by atoms with E-state index in [-0.39, 0.29) is 10.6 Å². The standard InChI is InChI=1S/C19H18N2O4S/c1-2-25-15-8-10-16(11-9-15)26(23,24)21-20-13-18-17-6-4-3-5-14(17)7-12-19(18)22/h3-13,21-22H,2H2,1H3/b20-13+. The van der Waals surface area contributed by atoms with E-state index in [4.69, 9.17) is 4.74 Å². The summed E-state index contributed by atoms with van der Waals surface area (Å²) in [5.41, 5.74) is 0.442. The summed E-state index contributed by atoms with van der Waals surface area (Å²) in [7, 11) is -3.81. The van der Waals surface area contributed by atoms with Crippen molar-refractivity contribution in [1.82, 2.24) is 4.83 Å². The summed E-state index contributed by atoms with van der Waals surface area (Å²) in [5.74, 6) is 0.614. The van der Waals surface area contributed by atoms with Crippen molar-refractivity contribution in [1.29, 1.82) is 0 Å². The summed E-state index contributed by atoms with van der Waals surface area (Å²) in [6.45, 7) is 2.35. The maximum Gasteiger partial charge on any atom is 0.276 e. The Morgan fingerprint density at radius 2 is 1.81 bits per heavy atom. The van der Waals surface area contributed by atoms with Crippen LogP contribution in [0.2, 0.25) is 0 Å². The van der Waals surface area contributed by atoms with E-state index in [1.165, 1.54) is 18.3 Å². The van der Waals surface area contributed by atoms with Crippen LogP contribution in [0.3, 0.4) is 0 Å². The minimum atomic E-state index is -3.81. The van der Waals surface area contributed by atoms with Crippen molar-refractivity contribution in [3.05, 3.63) is 66.2 Å². The molecular formula is C19H18N2O4S. The molecule has 0 saturated carbocycles. The number of nitrogens with zero attached hydrogens (tertiary/aromatic N) is 1. The van der Waals surface area contributed by atoms with Crippen LogP contribution in [0.1, 0.15) is 12.5 Å². The molecule has 3 rings (SSSR count). The Bertz CT molecular complexity index is 1040. The molecular weight excluding hydrogens is 352 g/mol. The summed E-state index contributed by atoms with van der Waals surface area (Å²) in [4.78, 5) is 2.23. The second kappa shape index (κ2) is 7.45. The average Bonchev–Trinajstić information content (AvgIpc) is 2.64. The Kier molecular flexibility index (Phi) is 5.09. The smallest absolute Gasteiger partial charge is 0.276 e. The van der Waals surface area contributed by atoms with Gasteiger partial charge >= 0.3 is 0 Å². The van der Waals surface area contributed by atoms with E-state index in [9.17, 15) is 13.5 Å².